The van der Waals surface area contributed by atoms with Gasteiger partial charge in [0.05, 0.1) is 0 Å². The molecule has 0 spiro atoms. The summed E-state index contributed by atoms with van der Waals surface area (Å²) in [6.07, 6.45) is -0.862. The van der Waals surface area contributed by atoms with Gasteiger partial charge in [0, 0.05) is 17.5 Å². The van der Waals surface area contributed by atoms with Gasteiger partial charge in [-0.3, -0.25) is 4.79 Å². The van der Waals surface area contributed by atoms with Crippen LogP contribution in [-0.4, -0.2) is 18.0 Å². The Kier molecular flexibility index (Phi) is 3.62. The number of fused-ring (bicyclic) bond motifs is 1. The number of nitrogens with zero attached hydrogens (tertiary/aromatic N) is 1. The van der Waals surface area contributed by atoms with Crippen molar-refractivity contribution in [3.8, 4) is 5.75 Å². The minimum absolute atomic E-state index is 0.430. The summed E-state index contributed by atoms with van der Waals surface area (Å²) in [7, 11) is 0. The third-order valence-electron chi connectivity index (χ3n) is 2.98. The summed E-state index contributed by atoms with van der Waals surface area (Å²) in [5, 5.41) is 0.625. The number of benzene rings is 2. The quantitative estimate of drug-likeness (QED) is 0.794. The van der Waals surface area contributed by atoms with Crippen molar-refractivity contribution in [2.24, 2.45) is 4.99 Å². The first-order valence-electron chi connectivity index (χ1n) is 6.41. The van der Waals surface area contributed by atoms with Crippen molar-refractivity contribution in [3.05, 3.63) is 59.1 Å². The largest absolute Gasteiger partial charge is 0.447 e. The van der Waals surface area contributed by atoms with E-state index in [9.17, 15) is 4.79 Å². The summed E-state index contributed by atoms with van der Waals surface area (Å²) >= 11 is 5.90. The molecular formula is C16H12ClNO3. The second-order valence-electron chi connectivity index (χ2n) is 4.53. The molecule has 4 nitrogen and oxygen atoms in total. The van der Waals surface area contributed by atoms with Crippen LogP contribution < -0.4 is 4.74 Å². The van der Waals surface area contributed by atoms with Gasteiger partial charge in [-0.1, -0.05) is 35.9 Å². The van der Waals surface area contributed by atoms with Gasteiger partial charge in [-0.05, 0) is 24.3 Å². The molecule has 0 bridgehead atoms. The molecule has 0 amide bonds. The highest BCUT2D eigenvalue weighted by atomic mass is 35.5. The van der Waals surface area contributed by atoms with Crippen molar-refractivity contribution in [2.75, 3.05) is 0 Å². The molecule has 0 fully saturated rings. The predicted octanol–water partition coefficient (Wildman–Crippen LogP) is 3.74. The maximum Gasteiger partial charge on any atom is 0.306 e. The summed E-state index contributed by atoms with van der Waals surface area (Å²) < 4.78 is 11.0. The number of ether oxygens (including phenoxy) is 2. The average molecular weight is 302 g/mol. The summed E-state index contributed by atoms with van der Waals surface area (Å²) in [6, 6.07) is 14.5. The first-order valence-corrected chi connectivity index (χ1v) is 6.79. The van der Waals surface area contributed by atoms with Crippen LogP contribution in [0.1, 0.15) is 12.5 Å². The summed E-state index contributed by atoms with van der Waals surface area (Å²) in [4.78, 5) is 15.8. The summed E-state index contributed by atoms with van der Waals surface area (Å²) in [5.41, 5.74) is 2.03. The molecule has 1 atom stereocenters. The van der Waals surface area contributed by atoms with E-state index in [1.165, 1.54) is 6.92 Å². The molecule has 1 aliphatic rings. The smallest absolute Gasteiger partial charge is 0.306 e. The first-order chi connectivity index (χ1) is 10.1. The Balaban J connectivity index is 2.05. The van der Waals surface area contributed by atoms with Gasteiger partial charge in [-0.2, -0.15) is 0 Å². The lowest BCUT2D eigenvalue weighted by atomic mass is 10.1. The van der Waals surface area contributed by atoms with Gasteiger partial charge in [0.25, 0.3) is 6.29 Å². The number of hydrogen-bond acceptors (Lipinski definition) is 4. The van der Waals surface area contributed by atoms with Gasteiger partial charge in [0.2, 0.25) is 0 Å². The molecule has 3 rings (SSSR count). The normalized spacial score (nSPS) is 16.5. The van der Waals surface area contributed by atoms with Crippen LogP contribution in [0.3, 0.4) is 0 Å². The van der Waals surface area contributed by atoms with E-state index in [2.05, 4.69) is 4.99 Å². The number of aliphatic imine (C=N–C) groups is 1. The van der Waals surface area contributed by atoms with Crippen LogP contribution in [0.2, 0.25) is 5.02 Å². The average Bonchev–Trinajstić information content (AvgIpc) is 2.47. The Morgan fingerprint density at radius 2 is 1.90 bits per heavy atom. The van der Waals surface area contributed by atoms with Crippen molar-refractivity contribution in [1.82, 2.24) is 0 Å². The van der Waals surface area contributed by atoms with E-state index >= 15 is 0 Å². The van der Waals surface area contributed by atoms with Crippen molar-refractivity contribution < 1.29 is 14.3 Å². The second kappa shape index (κ2) is 5.58. The van der Waals surface area contributed by atoms with Crippen molar-refractivity contribution >= 4 is 29.0 Å². The molecule has 0 aromatic heterocycles. The number of esters is 1. The van der Waals surface area contributed by atoms with Gasteiger partial charge < -0.3 is 9.47 Å². The SMILES string of the molecule is CC(=O)OC1Oc2ccccc2N=C1c1ccc(Cl)cc1. The Bertz CT molecular complexity index is 710. The Morgan fingerprint density at radius 1 is 1.19 bits per heavy atom. The fourth-order valence-corrected chi connectivity index (χ4v) is 2.18. The Hall–Kier alpha value is -2.33. The molecule has 1 aliphatic heterocycles. The number of para-hydroxylation sites is 2. The third-order valence-corrected chi connectivity index (χ3v) is 3.23. The van der Waals surface area contributed by atoms with E-state index in [-0.39, 0.29) is 0 Å². The molecule has 0 N–H and O–H groups in total. The maximum absolute atomic E-state index is 11.3. The van der Waals surface area contributed by atoms with E-state index in [1.54, 1.807) is 18.2 Å². The zero-order valence-corrected chi connectivity index (χ0v) is 12.0. The molecular weight excluding hydrogens is 290 g/mol. The zero-order chi connectivity index (χ0) is 14.8. The molecule has 0 saturated carbocycles. The topological polar surface area (TPSA) is 47.9 Å². The van der Waals surface area contributed by atoms with Crippen molar-refractivity contribution in [1.29, 1.82) is 0 Å². The molecule has 1 unspecified atom stereocenters. The van der Waals surface area contributed by atoms with Crippen molar-refractivity contribution in [2.45, 2.75) is 13.2 Å². The lowest BCUT2D eigenvalue weighted by Crippen LogP contribution is -2.34. The molecule has 0 saturated heterocycles. The van der Waals surface area contributed by atoms with E-state index in [1.807, 2.05) is 30.3 Å². The van der Waals surface area contributed by atoms with Crippen molar-refractivity contribution in [3.63, 3.8) is 0 Å². The van der Waals surface area contributed by atoms with Gasteiger partial charge in [0.1, 0.15) is 17.1 Å². The van der Waals surface area contributed by atoms with Gasteiger partial charge in [0.15, 0.2) is 0 Å². The number of rotatable bonds is 2. The minimum atomic E-state index is -0.862. The molecule has 2 aromatic carbocycles. The van der Waals surface area contributed by atoms with Gasteiger partial charge in [-0.15, -0.1) is 0 Å². The standard InChI is InChI=1S/C16H12ClNO3/c1-10(19)20-16-15(11-6-8-12(17)9-7-11)18-13-4-2-3-5-14(13)21-16/h2-9,16H,1H3. The second-order valence-corrected chi connectivity index (χ2v) is 4.97. The number of carbonyl (C=O) groups excluding carboxylic acids is 1. The highest BCUT2D eigenvalue weighted by molar-refractivity contribution is 6.30. The van der Waals surface area contributed by atoms with E-state index in [0.717, 1.165) is 5.56 Å². The van der Waals surface area contributed by atoms with Crippen LogP contribution in [0, 0.1) is 0 Å². The lowest BCUT2D eigenvalue weighted by molar-refractivity contribution is -0.153. The van der Waals surface area contributed by atoms with Gasteiger partial charge in [-0.25, -0.2) is 4.99 Å². The van der Waals surface area contributed by atoms with Crippen LogP contribution in [0.15, 0.2) is 53.5 Å². The van der Waals surface area contributed by atoms with Crippen LogP contribution in [0.5, 0.6) is 5.75 Å². The lowest BCUT2D eigenvalue weighted by Gasteiger charge is -2.25. The predicted molar refractivity (Wildman–Crippen MR) is 80.3 cm³/mol. The highest BCUT2D eigenvalue weighted by Crippen LogP contribution is 2.33. The molecule has 21 heavy (non-hydrogen) atoms. The van der Waals surface area contributed by atoms with Gasteiger partial charge >= 0.3 is 5.97 Å². The molecule has 0 radical (unpaired) electrons. The van der Waals surface area contributed by atoms with E-state index in [0.29, 0.717) is 22.2 Å². The zero-order valence-electron chi connectivity index (χ0n) is 11.2. The molecule has 5 heteroatoms. The van der Waals surface area contributed by atoms with Crippen LogP contribution in [0.4, 0.5) is 5.69 Å². The van der Waals surface area contributed by atoms with Crippen LogP contribution >= 0.6 is 11.6 Å². The fraction of sp³-hybridized carbons (Fsp3) is 0.125. The van der Waals surface area contributed by atoms with E-state index in [4.69, 9.17) is 21.1 Å². The van der Waals surface area contributed by atoms with E-state index < -0.39 is 12.3 Å². The number of halogens is 1. The molecule has 106 valence electrons. The maximum atomic E-state index is 11.3. The third kappa shape index (κ3) is 2.90. The minimum Gasteiger partial charge on any atom is -0.447 e. The van der Waals surface area contributed by atoms with Crippen LogP contribution in [0.25, 0.3) is 0 Å². The fourth-order valence-electron chi connectivity index (χ4n) is 2.05. The Morgan fingerprint density at radius 3 is 2.62 bits per heavy atom. The summed E-state index contributed by atoms with van der Waals surface area (Å²) in [6.45, 7) is 1.34. The molecule has 1 heterocycles. The highest BCUT2D eigenvalue weighted by Gasteiger charge is 2.28. The number of carbonyl (C=O) groups is 1. The van der Waals surface area contributed by atoms with Crippen LogP contribution in [-0.2, 0) is 9.53 Å². The first kappa shape index (κ1) is 13.6. The number of hydrogen-bond donors (Lipinski definition) is 0. The molecule has 2 aromatic rings. The molecule has 0 aliphatic carbocycles. The Labute approximate surface area is 127 Å². The summed E-state index contributed by atoms with van der Waals surface area (Å²) in [5.74, 6) is 0.155. The monoisotopic (exact) mass is 301 g/mol.